The van der Waals surface area contributed by atoms with E-state index in [0.29, 0.717) is 24.1 Å². The number of methoxy groups -OCH3 is 1. The maximum absolute atomic E-state index is 9.93. The number of likely N-dealkylation sites (tertiary alicyclic amines) is 1. The second kappa shape index (κ2) is 8.38. The number of benzene rings is 2. The standard InChI is InChI=1S/C19H24N2O2.ClH/c1-23-19-8-7-14(9-18(19)22)11-21-12-16(10-20)17(13-21)15-5-3-2-4-6-15;/h2-9,16-17,22H,10-13,20H2,1H3;1H/t16-,17+;/m1./s1. The van der Waals surface area contributed by atoms with E-state index in [4.69, 9.17) is 10.5 Å². The van der Waals surface area contributed by atoms with Crippen LogP contribution in [0.5, 0.6) is 11.5 Å². The molecule has 0 spiro atoms. The van der Waals surface area contributed by atoms with E-state index in [9.17, 15) is 5.11 Å². The fourth-order valence-corrected chi connectivity index (χ4v) is 3.50. The molecule has 0 amide bonds. The van der Waals surface area contributed by atoms with E-state index in [2.05, 4.69) is 29.2 Å². The Morgan fingerprint density at radius 1 is 1.17 bits per heavy atom. The van der Waals surface area contributed by atoms with Gasteiger partial charge in [0, 0.05) is 25.6 Å². The van der Waals surface area contributed by atoms with Gasteiger partial charge in [0.2, 0.25) is 0 Å². The summed E-state index contributed by atoms with van der Waals surface area (Å²) in [6.45, 7) is 3.50. The molecule has 2 aromatic carbocycles. The first kappa shape index (κ1) is 18.6. The molecule has 130 valence electrons. The van der Waals surface area contributed by atoms with Crippen LogP contribution in [-0.2, 0) is 6.54 Å². The topological polar surface area (TPSA) is 58.7 Å². The molecule has 0 radical (unpaired) electrons. The van der Waals surface area contributed by atoms with Crippen molar-refractivity contribution in [1.29, 1.82) is 0 Å². The highest BCUT2D eigenvalue weighted by atomic mass is 35.5. The van der Waals surface area contributed by atoms with Crippen molar-refractivity contribution in [1.82, 2.24) is 4.90 Å². The highest BCUT2D eigenvalue weighted by molar-refractivity contribution is 5.85. The highest BCUT2D eigenvalue weighted by Crippen LogP contribution is 2.33. The lowest BCUT2D eigenvalue weighted by molar-refractivity contribution is 0.315. The van der Waals surface area contributed by atoms with Crippen molar-refractivity contribution in [2.24, 2.45) is 11.7 Å². The Morgan fingerprint density at radius 2 is 1.92 bits per heavy atom. The van der Waals surface area contributed by atoms with Crippen LogP contribution >= 0.6 is 12.4 Å². The van der Waals surface area contributed by atoms with E-state index < -0.39 is 0 Å². The molecule has 1 aliphatic rings. The van der Waals surface area contributed by atoms with Crippen molar-refractivity contribution in [2.45, 2.75) is 12.5 Å². The van der Waals surface area contributed by atoms with E-state index >= 15 is 0 Å². The zero-order valence-corrected chi connectivity index (χ0v) is 14.7. The number of aromatic hydroxyl groups is 1. The largest absolute Gasteiger partial charge is 0.504 e. The van der Waals surface area contributed by atoms with Gasteiger partial charge in [-0.15, -0.1) is 12.4 Å². The molecule has 2 atom stereocenters. The Balaban J connectivity index is 0.00000208. The first-order valence-electron chi connectivity index (χ1n) is 8.04. The lowest BCUT2D eigenvalue weighted by Gasteiger charge is -2.17. The molecule has 1 fully saturated rings. The monoisotopic (exact) mass is 348 g/mol. The lowest BCUT2D eigenvalue weighted by Crippen LogP contribution is -2.23. The van der Waals surface area contributed by atoms with Crippen LogP contribution in [0.1, 0.15) is 17.0 Å². The van der Waals surface area contributed by atoms with Gasteiger partial charge in [-0.3, -0.25) is 4.90 Å². The SMILES string of the molecule is COc1ccc(CN2C[C@@H](CN)[C@H](c3ccccc3)C2)cc1O.Cl. The number of hydrogen-bond acceptors (Lipinski definition) is 4. The third kappa shape index (κ3) is 4.01. The zero-order chi connectivity index (χ0) is 16.2. The molecule has 5 heteroatoms. The van der Waals surface area contributed by atoms with Crippen LogP contribution < -0.4 is 10.5 Å². The van der Waals surface area contributed by atoms with Crippen LogP contribution in [0.3, 0.4) is 0 Å². The van der Waals surface area contributed by atoms with E-state index in [0.717, 1.165) is 25.2 Å². The van der Waals surface area contributed by atoms with Gasteiger partial charge < -0.3 is 15.6 Å². The number of ether oxygens (including phenoxy) is 1. The number of halogens is 1. The van der Waals surface area contributed by atoms with Crippen LogP contribution in [0.15, 0.2) is 48.5 Å². The van der Waals surface area contributed by atoms with Crippen LogP contribution in [0.4, 0.5) is 0 Å². The smallest absolute Gasteiger partial charge is 0.160 e. The number of nitrogens with zero attached hydrogens (tertiary/aromatic N) is 1. The summed E-state index contributed by atoms with van der Waals surface area (Å²) in [6.07, 6.45) is 0. The van der Waals surface area contributed by atoms with Crippen LogP contribution in [-0.4, -0.2) is 36.8 Å². The summed E-state index contributed by atoms with van der Waals surface area (Å²) in [5.74, 6) is 1.66. The number of phenolic OH excluding ortho intramolecular Hbond substituents is 1. The summed E-state index contributed by atoms with van der Waals surface area (Å²) < 4.78 is 5.10. The normalized spacial score (nSPS) is 20.6. The second-order valence-corrected chi connectivity index (χ2v) is 6.21. The second-order valence-electron chi connectivity index (χ2n) is 6.21. The molecule has 0 bridgehead atoms. The van der Waals surface area contributed by atoms with Gasteiger partial charge in [0.05, 0.1) is 7.11 Å². The summed E-state index contributed by atoms with van der Waals surface area (Å²) in [4.78, 5) is 2.41. The minimum absolute atomic E-state index is 0. The van der Waals surface area contributed by atoms with Crippen molar-refractivity contribution < 1.29 is 9.84 Å². The maximum Gasteiger partial charge on any atom is 0.160 e. The first-order chi connectivity index (χ1) is 11.2. The molecule has 3 rings (SSSR count). The molecule has 0 aromatic heterocycles. The minimum atomic E-state index is 0. The summed E-state index contributed by atoms with van der Waals surface area (Å²) >= 11 is 0. The van der Waals surface area contributed by atoms with Crippen LogP contribution in [0.2, 0.25) is 0 Å². The number of hydrogen-bond donors (Lipinski definition) is 2. The van der Waals surface area contributed by atoms with E-state index in [-0.39, 0.29) is 18.2 Å². The van der Waals surface area contributed by atoms with Gasteiger partial charge in [-0.2, -0.15) is 0 Å². The van der Waals surface area contributed by atoms with Crippen LogP contribution in [0.25, 0.3) is 0 Å². The van der Waals surface area contributed by atoms with Gasteiger partial charge >= 0.3 is 0 Å². The third-order valence-electron chi connectivity index (χ3n) is 4.70. The molecule has 2 aromatic rings. The predicted octanol–water partition coefficient (Wildman–Crippen LogP) is 3.00. The van der Waals surface area contributed by atoms with E-state index in [1.165, 1.54) is 5.56 Å². The fraction of sp³-hybridized carbons (Fsp3) is 0.368. The first-order valence-corrected chi connectivity index (χ1v) is 8.04. The van der Waals surface area contributed by atoms with Crippen molar-refractivity contribution >= 4 is 12.4 Å². The third-order valence-corrected chi connectivity index (χ3v) is 4.70. The minimum Gasteiger partial charge on any atom is -0.504 e. The molecule has 4 nitrogen and oxygen atoms in total. The van der Waals surface area contributed by atoms with Gasteiger partial charge in [-0.05, 0) is 35.7 Å². The summed E-state index contributed by atoms with van der Waals surface area (Å²) in [7, 11) is 1.56. The summed E-state index contributed by atoms with van der Waals surface area (Å²) in [5, 5.41) is 9.93. The number of phenols is 1. The van der Waals surface area contributed by atoms with Crippen molar-refractivity contribution in [2.75, 3.05) is 26.7 Å². The Labute approximate surface area is 149 Å². The van der Waals surface area contributed by atoms with Gasteiger partial charge in [-0.1, -0.05) is 36.4 Å². The highest BCUT2D eigenvalue weighted by Gasteiger charge is 2.32. The van der Waals surface area contributed by atoms with Crippen molar-refractivity contribution in [3.63, 3.8) is 0 Å². The molecular formula is C19H25ClN2O2. The van der Waals surface area contributed by atoms with E-state index in [1.807, 2.05) is 18.2 Å². The molecule has 3 N–H and O–H groups in total. The Kier molecular flexibility index (Phi) is 6.49. The Bertz CT molecular complexity index is 651. The molecule has 0 unspecified atom stereocenters. The van der Waals surface area contributed by atoms with Gasteiger partial charge in [0.15, 0.2) is 11.5 Å². The maximum atomic E-state index is 9.93. The Morgan fingerprint density at radius 3 is 2.54 bits per heavy atom. The van der Waals surface area contributed by atoms with Gasteiger partial charge in [-0.25, -0.2) is 0 Å². The van der Waals surface area contributed by atoms with E-state index in [1.54, 1.807) is 13.2 Å². The molecule has 24 heavy (non-hydrogen) atoms. The Hall–Kier alpha value is -1.75. The predicted molar refractivity (Wildman–Crippen MR) is 98.9 cm³/mol. The molecule has 1 heterocycles. The quantitative estimate of drug-likeness (QED) is 0.872. The average molecular weight is 349 g/mol. The lowest BCUT2D eigenvalue weighted by atomic mass is 9.89. The average Bonchev–Trinajstić information content (AvgIpc) is 2.99. The molecule has 1 saturated heterocycles. The summed E-state index contributed by atoms with van der Waals surface area (Å²) in [6, 6.07) is 16.2. The molecule has 1 aliphatic heterocycles. The molecule has 0 saturated carbocycles. The van der Waals surface area contributed by atoms with Crippen molar-refractivity contribution in [3.8, 4) is 11.5 Å². The van der Waals surface area contributed by atoms with Gasteiger partial charge in [0.25, 0.3) is 0 Å². The zero-order valence-electron chi connectivity index (χ0n) is 13.9. The molecule has 0 aliphatic carbocycles. The summed E-state index contributed by atoms with van der Waals surface area (Å²) in [5.41, 5.74) is 8.45. The fourth-order valence-electron chi connectivity index (χ4n) is 3.50. The molecular weight excluding hydrogens is 324 g/mol. The number of nitrogens with two attached hydrogens (primary N) is 1. The van der Waals surface area contributed by atoms with Gasteiger partial charge in [0.1, 0.15) is 0 Å². The van der Waals surface area contributed by atoms with Crippen LogP contribution in [0, 0.1) is 5.92 Å². The van der Waals surface area contributed by atoms with Crippen molar-refractivity contribution in [3.05, 3.63) is 59.7 Å². The number of rotatable bonds is 5.